The van der Waals surface area contributed by atoms with Gasteiger partial charge in [-0.05, 0) is 39.2 Å². The molecule has 0 aromatic rings. The highest BCUT2D eigenvalue weighted by atomic mass is 16.5. The maximum Gasteiger partial charge on any atom is 0.324 e. The summed E-state index contributed by atoms with van der Waals surface area (Å²) in [6.45, 7) is 5.73. The number of esters is 2. The largest absolute Gasteiger partial charge is 0.468 e. The molecule has 6 heteroatoms. The third kappa shape index (κ3) is 6.16. The lowest BCUT2D eigenvalue weighted by Crippen LogP contribution is -2.43. The number of allylic oxidation sites excluding steroid dienone is 5. The van der Waals surface area contributed by atoms with Gasteiger partial charge in [-0.25, -0.2) is 0 Å². The van der Waals surface area contributed by atoms with Gasteiger partial charge < -0.3 is 14.2 Å². The summed E-state index contributed by atoms with van der Waals surface area (Å²) in [5.74, 6) is -1.67. The van der Waals surface area contributed by atoms with Gasteiger partial charge in [0.05, 0.1) is 20.3 Å². The van der Waals surface area contributed by atoms with E-state index in [0.717, 1.165) is 17.6 Å². The highest BCUT2D eigenvalue weighted by Gasteiger charge is 2.49. The highest BCUT2D eigenvalue weighted by Crippen LogP contribution is 2.35. The van der Waals surface area contributed by atoms with Gasteiger partial charge in [-0.1, -0.05) is 36.3 Å². The minimum atomic E-state index is -1.70. The summed E-state index contributed by atoms with van der Waals surface area (Å²) in [4.78, 5) is 37.8. The topological polar surface area (TPSA) is 78.9 Å². The molecule has 0 aromatic heterocycles. The van der Waals surface area contributed by atoms with Crippen LogP contribution >= 0.6 is 0 Å². The van der Waals surface area contributed by atoms with Gasteiger partial charge in [0.25, 0.3) is 0 Å². The van der Waals surface area contributed by atoms with Crippen LogP contribution < -0.4 is 0 Å². The van der Waals surface area contributed by atoms with Crippen molar-refractivity contribution in [1.29, 1.82) is 0 Å². The predicted octanol–water partition coefficient (Wildman–Crippen LogP) is 3.56. The number of ether oxygens (including phenoxy) is 3. The Hall–Kier alpha value is -2.21. The van der Waals surface area contributed by atoms with E-state index in [0.29, 0.717) is 6.42 Å². The number of methoxy groups -OCH3 is 3. The molecule has 156 valence electrons. The van der Waals surface area contributed by atoms with Gasteiger partial charge in [0.1, 0.15) is 0 Å². The zero-order chi connectivity index (χ0) is 21.3. The summed E-state index contributed by atoms with van der Waals surface area (Å²) >= 11 is 0. The van der Waals surface area contributed by atoms with E-state index < -0.39 is 17.4 Å². The number of carbonyl (C=O) groups is 3. The van der Waals surface area contributed by atoms with Crippen LogP contribution in [-0.4, -0.2) is 45.2 Å². The van der Waals surface area contributed by atoms with Gasteiger partial charge in [0, 0.05) is 19.4 Å². The molecule has 0 radical (unpaired) electrons. The molecule has 0 saturated heterocycles. The zero-order valence-electron chi connectivity index (χ0n) is 17.7. The van der Waals surface area contributed by atoms with Crippen molar-refractivity contribution in [1.82, 2.24) is 0 Å². The monoisotopic (exact) mass is 392 g/mol. The molecule has 1 aliphatic rings. The number of carbonyl (C=O) groups excluding carboxylic acids is 3. The Balaban J connectivity index is 3.43. The van der Waals surface area contributed by atoms with Crippen LogP contribution in [0, 0.1) is 11.3 Å². The molecule has 0 aromatic carbocycles. The van der Waals surface area contributed by atoms with E-state index in [1.165, 1.54) is 20.3 Å². The number of rotatable bonds is 3. The van der Waals surface area contributed by atoms with Gasteiger partial charge in [-0.15, -0.1) is 0 Å². The summed E-state index contributed by atoms with van der Waals surface area (Å²) < 4.78 is 15.3. The molecule has 0 saturated carbocycles. The van der Waals surface area contributed by atoms with Crippen molar-refractivity contribution in [3.8, 4) is 0 Å². The van der Waals surface area contributed by atoms with E-state index in [1.807, 2.05) is 25.2 Å². The van der Waals surface area contributed by atoms with E-state index in [4.69, 9.17) is 14.2 Å². The first kappa shape index (κ1) is 23.8. The first-order chi connectivity index (χ1) is 13.2. The average molecular weight is 392 g/mol. The predicted molar refractivity (Wildman–Crippen MR) is 107 cm³/mol. The Morgan fingerprint density at radius 1 is 1.04 bits per heavy atom. The van der Waals surface area contributed by atoms with Crippen molar-refractivity contribution in [2.24, 2.45) is 11.3 Å². The SMILES string of the molecule is COC(=O)C1(C(=O)OC)CC(=O)/C=C(/C)CC[C@H](OC)[C@@H](C)/C=C/C=C(/C)C1. The fraction of sp³-hybridized carbons (Fsp3) is 0.591. The molecule has 0 heterocycles. The fourth-order valence-electron chi connectivity index (χ4n) is 3.54. The van der Waals surface area contributed by atoms with Crippen molar-refractivity contribution in [2.45, 2.75) is 52.6 Å². The molecular formula is C22H32O6. The molecule has 0 spiro atoms. The quantitative estimate of drug-likeness (QED) is 0.540. The van der Waals surface area contributed by atoms with Gasteiger partial charge >= 0.3 is 11.9 Å². The second-order valence-electron chi connectivity index (χ2n) is 7.45. The van der Waals surface area contributed by atoms with Crippen LogP contribution in [0.2, 0.25) is 0 Å². The summed E-state index contributed by atoms with van der Waals surface area (Å²) in [7, 11) is 4.09. The number of hydrogen-bond donors (Lipinski definition) is 0. The standard InChI is InChI=1S/C22H32O6/c1-15-10-11-19(26-4)17(3)9-7-8-16(2)13-22(20(24)27-5,21(25)28-6)14-18(23)12-15/h7-9,12,17,19H,10-11,13-14H2,1-6H3/b9-7+,15-12-,16-8-/t17-,19-/m0/s1. The van der Waals surface area contributed by atoms with Crippen LogP contribution in [0.5, 0.6) is 0 Å². The third-order valence-corrected chi connectivity index (χ3v) is 5.12. The summed E-state index contributed by atoms with van der Waals surface area (Å²) in [5, 5.41) is 0. The van der Waals surface area contributed by atoms with E-state index in [9.17, 15) is 14.4 Å². The van der Waals surface area contributed by atoms with Crippen molar-refractivity contribution in [2.75, 3.05) is 21.3 Å². The molecule has 28 heavy (non-hydrogen) atoms. The Morgan fingerprint density at radius 2 is 1.64 bits per heavy atom. The van der Waals surface area contributed by atoms with Crippen LogP contribution in [0.1, 0.15) is 46.5 Å². The maximum absolute atomic E-state index is 12.7. The Kier molecular flexibility index (Phi) is 9.32. The van der Waals surface area contributed by atoms with E-state index >= 15 is 0 Å². The molecule has 0 unspecified atom stereocenters. The lowest BCUT2D eigenvalue weighted by Gasteiger charge is -2.28. The molecule has 0 fully saturated rings. The van der Waals surface area contributed by atoms with Gasteiger partial charge in [0.15, 0.2) is 11.2 Å². The van der Waals surface area contributed by atoms with Crippen molar-refractivity contribution in [3.05, 3.63) is 35.5 Å². The zero-order valence-corrected chi connectivity index (χ0v) is 17.7. The summed E-state index contributed by atoms with van der Waals surface area (Å²) in [6, 6.07) is 0. The van der Waals surface area contributed by atoms with Gasteiger partial charge in [-0.3, -0.25) is 14.4 Å². The van der Waals surface area contributed by atoms with E-state index in [2.05, 4.69) is 6.92 Å². The number of ketones is 1. The van der Waals surface area contributed by atoms with E-state index in [-0.39, 0.29) is 30.6 Å². The molecular weight excluding hydrogens is 360 g/mol. The van der Waals surface area contributed by atoms with Crippen molar-refractivity contribution < 1.29 is 28.6 Å². The molecule has 0 amide bonds. The molecule has 6 nitrogen and oxygen atoms in total. The molecule has 2 atom stereocenters. The first-order valence-corrected chi connectivity index (χ1v) is 9.43. The lowest BCUT2D eigenvalue weighted by molar-refractivity contribution is -0.170. The maximum atomic E-state index is 12.7. The molecule has 1 rings (SSSR count). The second kappa shape index (κ2) is 11.0. The van der Waals surface area contributed by atoms with Crippen molar-refractivity contribution >= 4 is 17.7 Å². The highest BCUT2D eigenvalue weighted by molar-refractivity contribution is 6.06. The van der Waals surface area contributed by atoms with Crippen molar-refractivity contribution in [3.63, 3.8) is 0 Å². The van der Waals surface area contributed by atoms with Crippen LogP contribution in [0.3, 0.4) is 0 Å². The second-order valence-corrected chi connectivity index (χ2v) is 7.45. The molecule has 0 aliphatic heterocycles. The van der Waals surface area contributed by atoms with Crippen LogP contribution in [-0.2, 0) is 28.6 Å². The summed E-state index contributed by atoms with van der Waals surface area (Å²) in [6.07, 6.45) is 8.48. The smallest absolute Gasteiger partial charge is 0.324 e. The van der Waals surface area contributed by atoms with Gasteiger partial charge in [-0.2, -0.15) is 0 Å². The van der Waals surface area contributed by atoms with Crippen LogP contribution in [0.25, 0.3) is 0 Å². The molecule has 1 aliphatic carbocycles. The Bertz CT molecular complexity index is 655. The minimum Gasteiger partial charge on any atom is -0.468 e. The van der Waals surface area contributed by atoms with Crippen LogP contribution in [0.15, 0.2) is 35.5 Å². The molecule has 0 N–H and O–H groups in total. The summed E-state index contributed by atoms with van der Waals surface area (Å²) in [5.41, 5.74) is -0.0636. The Labute approximate surface area is 167 Å². The fourth-order valence-corrected chi connectivity index (χ4v) is 3.54. The molecule has 0 bridgehead atoms. The average Bonchev–Trinajstić information content (AvgIpc) is 2.65. The van der Waals surface area contributed by atoms with Gasteiger partial charge in [0.2, 0.25) is 0 Å². The van der Waals surface area contributed by atoms with Crippen LogP contribution in [0.4, 0.5) is 0 Å². The first-order valence-electron chi connectivity index (χ1n) is 9.43. The normalized spacial score (nSPS) is 28.7. The number of hydrogen-bond acceptors (Lipinski definition) is 6. The third-order valence-electron chi connectivity index (χ3n) is 5.12. The Morgan fingerprint density at radius 3 is 2.18 bits per heavy atom. The van der Waals surface area contributed by atoms with E-state index in [1.54, 1.807) is 14.0 Å². The minimum absolute atomic E-state index is 0.0376. The lowest BCUT2D eigenvalue weighted by atomic mass is 9.76.